The highest BCUT2D eigenvalue weighted by Crippen LogP contribution is 2.15. The minimum atomic E-state index is -1.09. The third-order valence-electron chi connectivity index (χ3n) is 2.03. The summed E-state index contributed by atoms with van der Waals surface area (Å²) in [7, 11) is 0. The van der Waals surface area contributed by atoms with Crippen LogP contribution in [0.25, 0.3) is 0 Å². The summed E-state index contributed by atoms with van der Waals surface area (Å²) in [6.45, 7) is 1.87. The Bertz CT molecular complexity index is 368. The molecule has 82 valence electrons. The number of nitrogens with one attached hydrogen (secondary N) is 1. The van der Waals surface area contributed by atoms with E-state index in [4.69, 9.17) is 10.8 Å². The van der Waals surface area contributed by atoms with E-state index in [9.17, 15) is 9.18 Å². The van der Waals surface area contributed by atoms with Crippen LogP contribution in [0, 0.1) is 12.7 Å². The molecule has 0 aliphatic rings. The van der Waals surface area contributed by atoms with Gasteiger partial charge in [-0.2, -0.15) is 0 Å². The highest BCUT2D eigenvalue weighted by molar-refractivity contribution is 5.74. The number of aliphatic carboxylic acids is 1. The van der Waals surface area contributed by atoms with Crippen LogP contribution in [0.1, 0.15) is 5.56 Å². The maximum absolute atomic E-state index is 12.8. The van der Waals surface area contributed by atoms with Gasteiger partial charge in [-0.3, -0.25) is 4.79 Å². The van der Waals surface area contributed by atoms with Gasteiger partial charge in [0.1, 0.15) is 11.9 Å². The molecule has 0 saturated carbocycles. The summed E-state index contributed by atoms with van der Waals surface area (Å²) in [4.78, 5) is 10.4. The summed E-state index contributed by atoms with van der Waals surface area (Å²) >= 11 is 0. The Morgan fingerprint density at radius 3 is 2.93 bits per heavy atom. The van der Waals surface area contributed by atoms with Gasteiger partial charge in [-0.1, -0.05) is 6.07 Å². The Morgan fingerprint density at radius 2 is 2.33 bits per heavy atom. The number of carbonyl (C=O) groups is 1. The molecule has 5 heteroatoms. The lowest BCUT2D eigenvalue weighted by Gasteiger charge is -2.11. The molecular weight excluding hydrogens is 199 g/mol. The summed E-state index contributed by atoms with van der Waals surface area (Å²) < 4.78 is 12.8. The molecule has 0 amide bonds. The van der Waals surface area contributed by atoms with Gasteiger partial charge in [0.15, 0.2) is 0 Å². The zero-order valence-corrected chi connectivity index (χ0v) is 8.33. The van der Waals surface area contributed by atoms with Crippen molar-refractivity contribution in [2.24, 2.45) is 5.73 Å². The minimum Gasteiger partial charge on any atom is -0.480 e. The van der Waals surface area contributed by atoms with E-state index in [0.717, 1.165) is 5.56 Å². The maximum Gasteiger partial charge on any atom is 0.322 e. The van der Waals surface area contributed by atoms with Crippen molar-refractivity contribution >= 4 is 11.7 Å². The number of hydrogen-bond acceptors (Lipinski definition) is 3. The Kier molecular flexibility index (Phi) is 3.62. The largest absolute Gasteiger partial charge is 0.480 e. The first-order valence-corrected chi connectivity index (χ1v) is 4.49. The fourth-order valence-corrected chi connectivity index (χ4v) is 1.09. The molecule has 1 rings (SSSR count). The van der Waals surface area contributed by atoms with Crippen molar-refractivity contribution < 1.29 is 14.3 Å². The van der Waals surface area contributed by atoms with Crippen LogP contribution < -0.4 is 11.1 Å². The summed E-state index contributed by atoms with van der Waals surface area (Å²) in [5, 5.41) is 11.3. The number of halogens is 1. The second-order valence-corrected chi connectivity index (χ2v) is 3.28. The van der Waals surface area contributed by atoms with Crippen molar-refractivity contribution in [2.75, 3.05) is 11.9 Å². The van der Waals surface area contributed by atoms with Gasteiger partial charge in [-0.15, -0.1) is 0 Å². The molecule has 0 aliphatic carbocycles. The molecule has 0 spiro atoms. The van der Waals surface area contributed by atoms with E-state index >= 15 is 0 Å². The molecule has 15 heavy (non-hydrogen) atoms. The molecule has 0 saturated heterocycles. The number of carboxylic acid groups (broad SMARTS) is 1. The number of carboxylic acids is 1. The standard InChI is InChI=1S/C10H13FN2O2/c1-6-2-3-7(11)4-9(6)13-5-8(12)10(14)15/h2-4,8,13H,5,12H2,1H3,(H,14,15). The van der Waals surface area contributed by atoms with Crippen LogP contribution in [-0.2, 0) is 4.79 Å². The molecule has 0 bridgehead atoms. The molecule has 4 N–H and O–H groups in total. The van der Waals surface area contributed by atoms with E-state index in [1.165, 1.54) is 12.1 Å². The molecular formula is C10H13FN2O2. The first-order valence-electron chi connectivity index (χ1n) is 4.49. The molecule has 1 aromatic rings. The lowest BCUT2D eigenvalue weighted by atomic mass is 10.2. The van der Waals surface area contributed by atoms with Crippen LogP contribution in [0.2, 0.25) is 0 Å². The number of hydrogen-bond donors (Lipinski definition) is 3. The number of benzene rings is 1. The van der Waals surface area contributed by atoms with E-state index in [2.05, 4.69) is 5.32 Å². The van der Waals surface area contributed by atoms with Gasteiger partial charge < -0.3 is 16.2 Å². The Hall–Kier alpha value is -1.62. The molecule has 0 aromatic heterocycles. The highest BCUT2D eigenvalue weighted by atomic mass is 19.1. The first kappa shape index (κ1) is 11.5. The number of anilines is 1. The normalized spacial score (nSPS) is 12.2. The van der Waals surface area contributed by atoms with Crippen LogP contribution >= 0.6 is 0 Å². The van der Waals surface area contributed by atoms with Gasteiger partial charge in [0, 0.05) is 12.2 Å². The van der Waals surface area contributed by atoms with Gasteiger partial charge >= 0.3 is 5.97 Å². The minimum absolute atomic E-state index is 0.0691. The molecule has 0 radical (unpaired) electrons. The van der Waals surface area contributed by atoms with Gasteiger partial charge in [-0.05, 0) is 24.6 Å². The topological polar surface area (TPSA) is 75.3 Å². The van der Waals surface area contributed by atoms with E-state index in [1.54, 1.807) is 13.0 Å². The van der Waals surface area contributed by atoms with Crippen molar-refractivity contribution in [3.8, 4) is 0 Å². The van der Waals surface area contributed by atoms with E-state index in [1.807, 2.05) is 0 Å². The smallest absolute Gasteiger partial charge is 0.322 e. The van der Waals surface area contributed by atoms with E-state index in [-0.39, 0.29) is 12.4 Å². The maximum atomic E-state index is 12.8. The van der Waals surface area contributed by atoms with Crippen molar-refractivity contribution in [1.82, 2.24) is 0 Å². The lowest BCUT2D eigenvalue weighted by Crippen LogP contribution is -2.37. The third kappa shape index (κ3) is 3.21. The third-order valence-corrected chi connectivity index (χ3v) is 2.03. The quantitative estimate of drug-likeness (QED) is 0.694. The van der Waals surface area contributed by atoms with Gasteiger partial charge in [0.05, 0.1) is 0 Å². The fourth-order valence-electron chi connectivity index (χ4n) is 1.09. The van der Waals surface area contributed by atoms with Crippen molar-refractivity contribution in [3.05, 3.63) is 29.6 Å². The lowest BCUT2D eigenvalue weighted by molar-refractivity contribution is -0.138. The second-order valence-electron chi connectivity index (χ2n) is 3.28. The Labute approximate surface area is 86.9 Å². The van der Waals surface area contributed by atoms with Crippen LogP contribution in [0.15, 0.2) is 18.2 Å². The van der Waals surface area contributed by atoms with Crippen LogP contribution in [0.3, 0.4) is 0 Å². The average molecular weight is 212 g/mol. The molecule has 4 nitrogen and oxygen atoms in total. The predicted octanol–water partition coefficient (Wildman–Crippen LogP) is 0.958. The number of aryl methyl sites for hydroxylation is 1. The molecule has 1 atom stereocenters. The Morgan fingerprint density at radius 1 is 1.67 bits per heavy atom. The Balaban J connectivity index is 2.65. The average Bonchev–Trinajstić information content (AvgIpc) is 2.18. The molecule has 0 heterocycles. The molecule has 1 aromatic carbocycles. The predicted molar refractivity (Wildman–Crippen MR) is 55.2 cm³/mol. The number of nitrogens with two attached hydrogens (primary N) is 1. The van der Waals surface area contributed by atoms with Crippen LogP contribution in [0.5, 0.6) is 0 Å². The van der Waals surface area contributed by atoms with Crippen molar-refractivity contribution in [1.29, 1.82) is 0 Å². The summed E-state index contributed by atoms with van der Waals surface area (Å²) in [5.41, 5.74) is 6.70. The summed E-state index contributed by atoms with van der Waals surface area (Å²) in [6, 6.07) is 3.28. The SMILES string of the molecule is Cc1ccc(F)cc1NCC(N)C(=O)O. The summed E-state index contributed by atoms with van der Waals surface area (Å²) in [6.07, 6.45) is 0. The van der Waals surface area contributed by atoms with Gasteiger partial charge in [0.25, 0.3) is 0 Å². The fraction of sp³-hybridized carbons (Fsp3) is 0.300. The van der Waals surface area contributed by atoms with Crippen LogP contribution in [-0.4, -0.2) is 23.7 Å². The summed E-state index contributed by atoms with van der Waals surface area (Å²) in [5.74, 6) is -1.46. The van der Waals surface area contributed by atoms with Crippen molar-refractivity contribution in [2.45, 2.75) is 13.0 Å². The van der Waals surface area contributed by atoms with Crippen molar-refractivity contribution in [3.63, 3.8) is 0 Å². The van der Waals surface area contributed by atoms with Gasteiger partial charge in [0.2, 0.25) is 0 Å². The zero-order chi connectivity index (χ0) is 11.4. The number of rotatable bonds is 4. The monoisotopic (exact) mass is 212 g/mol. The van der Waals surface area contributed by atoms with E-state index < -0.39 is 12.0 Å². The molecule has 0 aliphatic heterocycles. The zero-order valence-electron chi connectivity index (χ0n) is 8.33. The molecule has 0 fully saturated rings. The first-order chi connectivity index (χ1) is 7.00. The molecule has 1 unspecified atom stereocenters. The van der Waals surface area contributed by atoms with Crippen LogP contribution in [0.4, 0.5) is 10.1 Å². The second kappa shape index (κ2) is 4.75. The van der Waals surface area contributed by atoms with E-state index in [0.29, 0.717) is 5.69 Å². The highest BCUT2D eigenvalue weighted by Gasteiger charge is 2.11. The van der Waals surface area contributed by atoms with Gasteiger partial charge in [-0.25, -0.2) is 4.39 Å².